The van der Waals surface area contributed by atoms with Crippen LogP contribution in [-0.4, -0.2) is 38.6 Å². The first kappa shape index (κ1) is 22.2. The largest absolute Gasteiger partial charge is 0.439 e. The number of hydrazone groups is 1. The molecule has 0 aromatic heterocycles. The van der Waals surface area contributed by atoms with Gasteiger partial charge in [-0.3, -0.25) is 14.9 Å². The number of nitro groups is 1. The highest BCUT2D eigenvalue weighted by Crippen LogP contribution is 2.52. The monoisotopic (exact) mass is 427 g/mol. The molecule has 3 rings (SSSR count). The summed E-state index contributed by atoms with van der Waals surface area (Å²) in [6.45, 7) is 5.95. The van der Waals surface area contributed by atoms with Crippen molar-refractivity contribution in [3.05, 3.63) is 39.9 Å². The van der Waals surface area contributed by atoms with Crippen LogP contribution in [0.25, 0.3) is 0 Å². The van der Waals surface area contributed by atoms with E-state index in [0.29, 0.717) is 6.42 Å². The first-order valence-corrected chi connectivity index (χ1v) is 9.78. The molecule has 1 heterocycles. The third kappa shape index (κ3) is 3.46. The fraction of sp³-hybridized carbons (Fsp3) is 0.600. The molecule has 1 aliphatic carbocycles. The van der Waals surface area contributed by atoms with E-state index in [9.17, 15) is 33.2 Å². The molecule has 164 valence electrons. The Morgan fingerprint density at radius 1 is 1.33 bits per heavy atom. The van der Waals surface area contributed by atoms with Crippen molar-refractivity contribution in [1.29, 1.82) is 0 Å². The van der Waals surface area contributed by atoms with E-state index < -0.39 is 28.6 Å². The third-order valence-corrected chi connectivity index (χ3v) is 6.66. The van der Waals surface area contributed by atoms with Crippen molar-refractivity contribution >= 4 is 17.3 Å². The number of aliphatic hydroxyl groups is 1. The lowest BCUT2D eigenvalue weighted by atomic mass is 9.64. The SMILES string of the molecule is CCC(C)(C)[C@@H]1CCC2=NN(C(=O)c3ccc([N+](=O)[O-])cc3)[C@@](O)(C(F)(F)F)[C@@H]2C1. The zero-order valence-corrected chi connectivity index (χ0v) is 16.9. The Morgan fingerprint density at radius 3 is 2.43 bits per heavy atom. The molecule has 30 heavy (non-hydrogen) atoms. The van der Waals surface area contributed by atoms with E-state index in [4.69, 9.17) is 0 Å². The zero-order chi connectivity index (χ0) is 22.5. The first-order valence-electron chi connectivity index (χ1n) is 9.78. The number of nitrogens with zero attached hydrogens (tertiary/aromatic N) is 3. The van der Waals surface area contributed by atoms with Crippen molar-refractivity contribution in [2.45, 2.75) is 58.4 Å². The van der Waals surface area contributed by atoms with Gasteiger partial charge in [-0.1, -0.05) is 27.2 Å². The molecular weight excluding hydrogens is 403 g/mol. The molecule has 1 saturated carbocycles. The van der Waals surface area contributed by atoms with E-state index in [1.165, 1.54) is 0 Å². The number of fused-ring (bicyclic) bond motifs is 1. The van der Waals surface area contributed by atoms with Crippen molar-refractivity contribution < 1.29 is 28.0 Å². The highest BCUT2D eigenvalue weighted by atomic mass is 19.4. The summed E-state index contributed by atoms with van der Waals surface area (Å²) >= 11 is 0. The van der Waals surface area contributed by atoms with E-state index in [-0.39, 0.29) is 46.1 Å². The number of hydrogen-bond acceptors (Lipinski definition) is 5. The van der Waals surface area contributed by atoms with Crippen LogP contribution >= 0.6 is 0 Å². The van der Waals surface area contributed by atoms with Gasteiger partial charge in [0.15, 0.2) is 0 Å². The molecule has 0 spiro atoms. The van der Waals surface area contributed by atoms with Gasteiger partial charge in [-0.05, 0) is 42.7 Å². The maximum absolute atomic E-state index is 14.1. The van der Waals surface area contributed by atoms with Gasteiger partial charge in [-0.25, -0.2) is 0 Å². The standard InChI is InChI=1S/C20H24F3N3O4/c1-4-18(2,3)13-7-10-16-15(11-13)19(28,20(21,22)23)25(24-16)17(27)12-5-8-14(9-6-12)26(29)30/h5-6,8-9,13,15,28H,4,7,10-11H2,1-3H3/t13-,15-,19+/m1/s1. The van der Waals surface area contributed by atoms with E-state index in [0.717, 1.165) is 30.7 Å². The van der Waals surface area contributed by atoms with Crippen LogP contribution in [0.15, 0.2) is 29.4 Å². The summed E-state index contributed by atoms with van der Waals surface area (Å²) in [5.74, 6) is -2.56. The second-order valence-electron chi connectivity index (χ2n) is 8.60. The van der Waals surface area contributed by atoms with Gasteiger partial charge in [0, 0.05) is 23.4 Å². The molecular formula is C20H24F3N3O4. The van der Waals surface area contributed by atoms with E-state index in [2.05, 4.69) is 5.10 Å². The van der Waals surface area contributed by atoms with Crippen molar-refractivity contribution in [3.8, 4) is 0 Å². The van der Waals surface area contributed by atoms with Gasteiger partial charge in [0.25, 0.3) is 17.3 Å². The molecule has 1 aromatic carbocycles. The normalized spacial score (nSPS) is 26.9. The smallest absolute Gasteiger partial charge is 0.362 e. The lowest BCUT2D eigenvalue weighted by molar-refractivity contribution is -0.384. The molecule has 2 aliphatic rings. The Bertz CT molecular complexity index is 882. The molecule has 0 saturated heterocycles. The minimum absolute atomic E-state index is 0.0604. The van der Waals surface area contributed by atoms with Gasteiger partial charge >= 0.3 is 6.18 Å². The molecule has 0 radical (unpaired) electrons. The van der Waals surface area contributed by atoms with Gasteiger partial charge in [0.2, 0.25) is 0 Å². The quantitative estimate of drug-likeness (QED) is 0.565. The molecule has 3 atom stereocenters. The average molecular weight is 427 g/mol. The molecule has 1 fully saturated rings. The van der Waals surface area contributed by atoms with Crippen LogP contribution in [0.5, 0.6) is 0 Å². The number of alkyl halides is 3. The summed E-state index contributed by atoms with van der Waals surface area (Å²) in [7, 11) is 0. The Labute approximate surface area is 171 Å². The number of halogens is 3. The Hall–Kier alpha value is -2.49. The summed E-state index contributed by atoms with van der Waals surface area (Å²) in [5.41, 5.74) is -4.04. The van der Waals surface area contributed by atoms with Gasteiger partial charge in [-0.2, -0.15) is 23.3 Å². The molecule has 1 aromatic rings. The lowest BCUT2D eigenvalue weighted by Crippen LogP contribution is -2.62. The van der Waals surface area contributed by atoms with Crippen molar-refractivity contribution in [2.75, 3.05) is 0 Å². The Balaban J connectivity index is 1.98. The minimum atomic E-state index is -5.13. The number of carbonyl (C=O) groups is 1. The van der Waals surface area contributed by atoms with Crippen LogP contribution in [0.2, 0.25) is 0 Å². The van der Waals surface area contributed by atoms with Gasteiger partial charge in [0.05, 0.1) is 10.8 Å². The molecule has 0 unspecified atom stereocenters. The zero-order valence-electron chi connectivity index (χ0n) is 16.9. The second-order valence-corrected chi connectivity index (χ2v) is 8.60. The minimum Gasteiger partial charge on any atom is -0.362 e. The molecule has 1 amide bonds. The molecule has 1 aliphatic heterocycles. The fourth-order valence-electron chi connectivity index (χ4n) is 4.27. The summed E-state index contributed by atoms with van der Waals surface area (Å²) < 4.78 is 42.3. The maximum atomic E-state index is 14.1. The molecule has 10 heteroatoms. The highest BCUT2D eigenvalue weighted by molar-refractivity contribution is 5.99. The number of benzene rings is 1. The number of carbonyl (C=O) groups excluding carboxylic acids is 1. The van der Waals surface area contributed by atoms with Crippen LogP contribution in [0.1, 0.15) is 56.8 Å². The molecule has 0 bridgehead atoms. The van der Waals surface area contributed by atoms with Crippen molar-refractivity contribution in [2.24, 2.45) is 22.4 Å². The van der Waals surface area contributed by atoms with Crippen molar-refractivity contribution in [1.82, 2.24) is 5.01 Å². The highest BCUT2D eigenvalue weighted by Gasteiger charge is 2.69. The number of non-ortho nitro benzene ring substituents is 1. The lowest BCUT2D eigenvalue weighted by Gasteiger charge is -2.43. The Kier molecular flexibility index (Phi) is 5.43. The van der Waals surface area contributed by atoms with Gasteiger partial charge < -0.3 is 5.11 Å². The van der Waals surface area contributed by atoms with Crippen LogP contribution in [0.3, 0.4) is 0 Å². The first-order chi connectivity index (χ1) is 13.8. The predicted octanol–water partition coefficient (Wildman–Crippen LogP) is 4.51. The summed E-state index contributed by atoms with van der Waals surface area (Å²) in [5, 5.41) is 25.7. The molecule has 1 N–H and O–H groups in total. The average Bonchev–Trinajstić information content (AvgIpc) is 3.01. The topological polar surface area (TPSA) is 96.0 Å². The van der Waals surface area contributed by atoms with Gasteiger partial charge in [0.1, 0.15) is 0 Å². The summed E-state index contributed by atoms with van der Waals surface area (Å²) in [6, 6.07) is 4.16. The maximum Gasteiger partial charge on any atom is 0.439 e. The number of rotatable bonds is 4. The van der Waals surface area contributed by atoms with E-state index in [1.807, 2.05) is 20.8 Å². The van der Waals surface area contributed by atoms with E-state index in [1.54, 1.807) is 0 Å². The number of nitro benzene ring substituents is 1. The summed E-state index contributed by atoms with van der Waals surface area (Å²) in [4.78, 5) is 23.0. The predicted molar refractivity (Wildman–Crippen MR) is 103 cm³/mol. The number of hydrogen-bond donors (Lipinski definition) is 1. The fourth-order valence-corrected chi connectivity index (χ4v) is 4.27. The Morgan fingerprint density at radius 2 is 1.93 bits per heavy atom. The van der Waals surface area contributed by atoms with Gasteiger partial charge in [-0.15, -0.1) is 0 Å². The van der Waals surface area contributed by atoms with Crippen LogP contribution in [0, 0.1) is 27.4 Å². The number of amides is 1. The van der Waals surface area contributed by atoms with Crippen molar-refractivity contribution in [3.63, 3.8) is 0 Å². The third-order valence-electron chi connectivity index (χ3n) is 6.66. The van der Waals surface area contributed by atoms with Crippen LogP contribution < -0.4 is 0 Å². The van der Waals surface area contributed by atoms with Crippen LogP contribution in [0.4, 0.5) is 18.9 Å². The summed E-state index contributed by atoms with van der Waals surface area (Å²) in [6.07, 6.45) is -3.39. The second kappa shape index (κ2) is 7.33. The molecule has 7 nitrogen and oxygen atoms in total. The van der Waals surface area contributed by atoms with Crippen LogP contribution in [-0.2, 0) is 0 Å². The van der Waals surface area contributed by atoms with E-state index >= 15 is 0 Å².